The molecule has 1 aliphatic heterocycles. The highest BCUT2D eigenvalue weighted by molar-refractivity contribution is 6.26. The van der Waals surface area contributed by atoms with E-state index in [2.05, 4.69) is 150 Å². The molecule has 0 saturated heterocycles. The zero-order valence-electron chi connectivity index (χ0n) is 30.0. The van der Waals surface area contributed by atoms with Crippen LogP contribution in [-0.2, 0) is 0 Å². The molecule has 4 nitrogen and oxygen atoms in total. The molecule has 56 heavy (non-hydrogen) atoms. The number of aliphatic imine (C=N–C) groups is 1. The average Bonchev–Trinajstić information content (AvgIpc) is 3.89. The molecule has 0 saturated carbocycles. The molecule has 0 bridgehead atoms. The van der Waals surface area contributed by atoms with E-state index in [1.54, 1.807) is 0 Å². The fourth-order valence-electron chi connectivity index (χ4n) is 8.71. The van der Waals surface area contributed by atoms with Crippen LogP contribution in [0.1, 0.15) is 16.9 Å². The highest BCUT2D eigenvalue weighted by atomic mass is 16.3. The second-order valence-corrected chi connectivity index (χ2v) is 14.4. The van der Waals surface area contributed by atoms with Gasteiger partial charge >= 0.3 is 0 Å². The molecule has 4 heterocycles. The third-order valence-corrected chi connectivity index (χ3v) is 11.2. The lowest BCUT2D eigenvalue weighted by Gasteiger charge is -2.09. The van der Waals surface area contributed by atoms with E-state index in [0.29, 0.717) is 5.76 Å². The summed E-state index contributed by atoms with van der Waals surface area (Å²) >= 11 is 0. The van der Waals surface area contributed by atoms with Gasteiger partial charge in [-0.25, -0.2) is 4.99 Å². The molecule has 0 radical (unpaired) electrons. The maximum Gasteiger partial charge on any atom is 0.169 e. The van der Waals surface area contributed by atoms with Crippen molar-refractivity contribution < 1.29 is 8.83 Å². The predicted octanol–water partition coefficient (Wildman–Crippen LogP) is 14.0. The van der Waals surface area contributed by atoms with Gasteiger partial charge in [0.15, 0.2) is 11.3 Å². The third-order valence-electron chi connectivity index (χ3n) is 11.2. The van der Waals surface area contributed by atoms with Gasteiger partial charge in [-0.2, -0.15) is 0 Å². The SMILES string of the molecule is C1=CC(c2cccc3oc4c(-n5c6ccc(-c7ccccc7)cc6c6c7ccccc7ccc65)cccc4c23)=Nc2c(oc3ccccc23)C=1c1ccccc1. The van der Waals surface area contributed by atoms with Crippen LogP contribution >= 0.6 is 0 Å². The van der Waals surface area contributed by atoms with E-state index in [1.165, 1.54) is 32.7 Å². The average molecular weight is 715 g/mol. The van der Waals surface area contributed by atoms with E-state index in [9.17, 15) is 0 Å². The van der Waals surface area contributed by atoms with Crippen molar-refractivity contribution in [1.29, 1.82) is 0 Å². The van der Waals surface area contributed by atoms with Crippen LogP contribution in [0.4, 0.5) is 5.69 Å². The molecule has 0 spiro atoms. The van der Waals surface area contributed by atoms with E-state index >= 15 is 0 Å². The number of benzene rings is 8. The Morgan fingerprint density at radius 2 is 1.20 bits per heavy atom. The van der Waals surface area contributed by atoms with Gasteiger partial charge < -0.3 is 13.4 Å². The first-order valence-corrected chi connectivity index (χ1v) is 18.9. The Hall–Kier alpha value is -7.65. The Morgan fingerprint density at radius 3 is 2.07 bits per heavy atom. The van der Waals surface area contributed by atoms with Crippen molar-refractivity contribution in [2.24, 2.45) is 4.99 Å². The Balaban J connectivity index is 1.12. The molecule has 0 N–H and O–H groups in total. The van der Waals surface area contributed by atoms with Gasteiger partial charge in [0, 0.05) is 38.6 Å². The standard InChI is InChI=1S/C52H30N2O2/c1-3-13-32(14-4-1)35-26-29-43-41(31-35)48-36-18-8-7-17-34(36)25-30-44(48)54(43)45-22-11-21-40-49-38(20-12-24-47(49)56-51(40)45)42-28-27-37(33-15-5-2-6-16-33)52-50(53-42)39-19-9-10-23-46(39)55-52/h1-26,28-31H. The van der Waals surface area contributed by atoms with Crippen LogP contribution < -0.4 is 0 Å². The molecule has 3 aromatic heterocycles. The number of allylic oxidation sites excluding steroid dienone is 1. The molecule has 4 heteroatoms. The number of furan rings is 2. The first-order chi connectivity index (χ1) is 27.8. The van der Waals surface area contributed by atoms with Gasteiger partial charge in [-0.1, -0.05) is 133 Å². The molecule has 12 rings (SSSR count). The highest BCUT2D eigenvalue weighted by Gasteiger charge is 2.24. The monoisotopic (exact) mass is 714 g/mol. The zero-order chi connectivity index (χ0) is 36.7. The number of hydrogen-bond acceptors (Lipinski definition) is 3. The van der Waals surface area contributed by atoms with Crippen molar-refractivity contribution >= 4 is 82.5 Å². The fourth-order valence-corrected chi connectivity index (χ4v) is 8.71. The van der Waals surface area contributed by atoms with Crippen molar-refractivity contribution in [3.05, 3.63) is 205 Å². The summed E-state index contributed by atoms with van der Waals surface area (Å²) in [6.45, 7) is 0. The lowest BCUT2D eigenvalue weighted by Crippen LogP contribution is -1.97. The number of hydrogen-bond donors (Lipinski definition) is 0. The van der Waals surface area contributed by atoms with Crippen molar-refractivity contribution in [3.63, 3.8) is 0 Å². The van der Waals surface area contributed by atoms with Crippen molar-refractivity contribution in [2.75, 3.05) is 0 Å². The molecule has 8 aromatic carbocycles. The smallest absolute Gasteiger partial charge is 0.169 e. The summed E-state index contributed by atoms with van der Waals surface area (Å²) in [5.74, 6) is 0.712. The number of fused-ring (bicyclic) bond motifs is 11. The number of aromatic nitrogens is 1. The van der Waals surface area contributed by atoms with Crippen LogP contribution in [-0.4, -0.2) is 10.3 Å². The summed E-state index contributed by atoms with van der Waals surface area (Å²) in [7, 11) is 0. The zero-order valence-corrected chi connectivity index (χ0v) is 30.0. The largest absolute Gasteiger partial charge is 0.454 e. The summed E-state index contributed by atoms with van der Waals surface area (Å²) in [5, 5.41) is 7.87. The maximum absolute atomic E-state index is 6.93. The first kappa shape index (κ1) is 30.8. The Kier molecular flexibility index (Phi) is 6.55. The topological polar surface area (TPSA) is 43.6 Å². The van der Waals surface area contributed by atoms with Gasteiger partial charge in [-0.3, -0.25) is 0 Å². The number of nitrogens with zero attached hydrogens (tertiary/aromatic N) is 2. The second-order valence-electron chi connectivity index (χ2n) is 14.4. The minimum atomic E-state index is 0.712. The molecular weight excluding hydrogens is 685 g/mol. The van der Waals surface area contributed by atoms with Crippen LogP contribution in [0.2, 0.25) is 0 Å². The van der Waals surface area contributed by atoms with E-state index in [0.717, 1.165) is 77.7 Å². The molecule has 260 valence electrons. The predicted molar refractivity (Wildman–Crippen MR) is 230 cm³/mol. The molecule has 0 atom stereocenters. The Labute approximate surface area is 321 Å². The molecule has 0 amide bonds. The number of para-hydroxylation sites is 2. The first-order valence-electron chi connectivity index (χ1n) is 18.9. The highest BCUT2D eigenvalue weighted by Crippen LogP contribution is 2.44. The van der Waals surface area contributed by atoms with Crippen molar-refractivity contribution in [3.8, 4) is 16.8 Å². The molecular formula is C52H30N2O2. The lowest BCUT2D eigenvalue weighted by atomic mass is 10.0. The molecule has 0 aliphatic carbocycles. The Bertz CT molecular complexity index is 3500. The van der Waals surface area contributed by atoms with Crippen LogP contribution in [0.3, 0.4) is 0 Å². The van der Waals surface area contributed by atoms with E-state index in [1.807, 2.05) is 42.5 Å². The van der Waals surface area contributed by atoms with Crippen LogP contribution in [0.25, 0.3) is 87.9 Å². The summed E-state index contributed by atoms with van der Waals surface area (Å²) in [5.41, 5.74) is 16.1. The van der Waals surface area contributed by atoms with Crippen molar-refractivity contribution in [2.45, 2.75) is 0 Å². The molecule has 11 aromatic rings. The second kappa shape index (κ2) is 11.9. The van der Waals surface area contributed by atoms with Crippen LogP contribution in [0.15, 0.2) is 202 Å². The lowest BCUT2D eigenvalue weighted by molar-refractivity contribution is 0.601. The van der Waals surface area contributed by atoms with E-state index < -0.39 is 0 Å². The van der Waals surface area contributed by atoms with Crippen LogP contribution in [0.5, 0.6) is 0 Å². The van der Waals surface area contributed by atoms with Crippen molar-refractivity contribution in [1.82, 2.24) is 4.57 Å². The Morgan fingerprint density at radius 1 is 0.482 bits per heavy atom. The molecule has 0 unspecified atom stereocenters. The van der Waals surface area contributed by atoms with Gasteiger partial charge in [-0.15, -0.1) is 5.73 Å². The summed E-state index contributed by atoms with van der Waals surface area (Å²) in [6, 6.07) is 61.7. The minimum Gasteiger partial charge on any atom is -0.454 e. The number of rotatable bonds is 4. The van der Waals surface area contributed by atoms with E-state index in [4.69, 9.17) is 13.8 Å². The van der Waals surface area contributed by atoms with Gasteiger partial charge in [0.05, 0.1) is 28.0 Å². The van der Waals surface area contributed by atoms with Gasteiger partial charge in [0.1, 0.15) is 16.9 Å². The normalized spacial score (nSPS) is 12.9. The van der Waals surface area contributed by atoms with E-state index in [-0.39, 0.29) is 0 Å². The maximum atomic E-state index is 6.93. The fraction of sp³-hybridized carbons (Fsp3) is 0. The van der Waals surface area contributed by atoms with Gasteiger partial charge in [0.25, 0.3) is 0 Å². The third kappa shape index (κ3) is 4.51. The summed E-state index contributed by atoms with van der Waals surface area (Å²) in [4.78, 5) is 5.36. The van der Waals surface area contributed by atoms with Gasteiger partial charge in [0.2, 0.25) is 0 Å². The summed E-state index contributed by atoms with van der Waals surface area (Å²) < 4.78 is 15.8. The summed E-state index contributed by atoms with van der Waals surface area (Å²) in [6.07, 6.45) is 1.99. The quantitative estimate of drug-likeness (QED) is 0.170. The van der Waals surface area contributed by atoms with Gasteiger partial charge in [-0.05, 0) is 69.9 Å². The van der Waals surface area contributed by atoms with Crippen LogP contribution in [0, 0.1) is 0 Å². The molecule has 0 fully saturated rings. The molecule has 1 aliphatic rings. The minimum absolute atomic E-state index is 0.712.